The van der Waals surface area contributed by atoms with Gasteiger partial charge < -0.3 is 0 Å². The van der Waals surface area contributed by atoms with Crippen molar-refractivity contribution in [1.82, 2.24) is 0 Å². The second-order valence-electron chi connectivity index (χ2n) is 7.88. The van der Waals surface area contributed by atoms with Crippen LogP contribution in [0.3, 0.4) is 0 Å². The van der Waals surface area contributed by atoms with Gasteiger partial charge in [0, 0.05) is 0 Å². The fourth-order valence-electron chi connectivity index (χ4n) is 3.62. The fraction of sp³-hybridized carbons (Fsp3) is 1.00. The Labute approximate surface area is 159 Å². The summed E-state index contributed by atoms with van der Waals surface area (Å²) in [6.07, 6.45) is 0. The molecule has 0 aliphatic heterocycles. The van der Waals surface area contributed by atoms with Crippen molar-refractivity contribution in [2.45, 2.75) is 80.4 Å². The van der Waals surface area contributed by atoms with Crippen LogP contribution in [0.25, 0.3) is 0 Å². The van der Waals surface area contributed by atoms with E-state index in [2.05, 4.69) is 41.5 Å². The van der Waals surface area contributed by atoms with Crippen LogP contribution in [0, 0.1) is 17.8 Å². The molecule has 0 bridgehead atoms. The van der Waals surface area contributed by atoms with Crippen molar-refractivity contribution in [3.8, 4) is 0 Å². The first-order chi connectivity index (χ1) is 11.1. The molecule has 0 saturated heterocycles. The molecule has 0 N–H and O–H groups in total. The summed E-state index contributed by atoms with van der Waals surface area (Å²) < 4.78 is 25.2. The van der Waals surface area contributed by atoms with Crippen LogP contribution in [0.2, 0.25) is 18.1 Å². The van der Waals surface area contributed by atoms with Crippen LogP contribution in [0.1, 0.15) is 62.3 Å². The van der Waals surface area contributed by atoms with Crippen LogP contribution < -0.4 is 0 Å². The Morgan fingerprint density at radius 2 is 0.917 bits per heavy atom. The van der Waals surface area contributed by atoms with Crippen molar-refractivity contribution in [2.75, 3.05) is 19.8 Å². The Morgan fingerprint density at radius 3 is 1.12 bits per heavy atom. The molecule has 146 valence electrons. The van der Waals surface area contributed by atoms with Gasteiger partial charge in [0.2, 0.25) is 0 Å². The Balaban J connectivity index is 5.74. The van der Waals surface area contributed by atoms with E-state index < -0.39 is 30.3 Å². The van der Waals surface area contributed by atoms with Crippen molar-refractivity contribution in [3.05, 3.63) is 0 Å². The molecule has 6 heteroatoms. The van der Waals surface area contributed by atoms with E-state index in [1.165, 1.54) is 0 Å². The van der Waals surface area contributed by atoms with E-state index in [1.807, 2.05) is 20.8 Å². The van der Waals surface area contributed by atoms with Gasteiger partial charge in [0.05, 0.1) is 0 Å². The zero-order valence-corrected chi connectivity index (χ0v) is 21.1. The molecule has 0 amide bonds. The van der Waals surface area contributed by atoms with Crippen LogP contribution in [0.4, 0.5) is 0 Å². The Kier molecular flexibility index (Phi) is 12.8. The molecule has 0 aromatic rings. The van der Waals surface area contributed by atoms with Gasteiger partial charge in [-0.05, 0) is 0 Å². The molecule has 0 aliphatic rings. The second kappa shape index (κ2) is 12.3. The van der Waals surface area contributed by atoms with Gasteiger partial charge in [-0.2, -0.15) is 0 Å². The zero-order chi connectivity index (χ0) is 18.8. The van der Waals surface area contributed by atoms with Crippen LogP contribution >= 0.6 is 0 Å². The third-order valence-electron chi connectivity index (χ3n) is 3.65. The van der Waals surface area contributed by atoms with Crippen LogP contribution in [0.5, 0.6) is 0 Å². The van der Waals surface area contributed by atoms with E-state index in [1.54, 1.807) is 0 Å². The van der Waals surface area contributed by atoms with Crippen molar-refractivity contribution in [1.29, 1.82) is 0 Å². The van der Waals surface area contributed by atoms with Gasteiger partial charge in [0.1, 0.15) is 0 Å². The monoisotopic (exact) mass is 440 g/mol. The van der Waals surface area contributed by atoms with E-state index in [4.69, 9.17) is 10.9 Å². The van der Waals surface area contributed by atoms with Gasteiger partial charge in [-0.3, -0.25) is 0 Å². The number of rotatable bonds is 14. The van der Waals surface area contributed by atoms with E-state index in [9.17, 15) is 0 Å². The van der Waals surface area contributed by atoms with E-state index in [0.29, 0.717) is 37.6 Å². The normalized spacial score (nSPS) is 13.5. The minimum absolute atomic E-state index is 0.589. The molecule has 0 spiro atoms. The van der Waals surface area contributed by atoms with Crippen LogP contribution in [-0.2, 0) is 33.0 Å². The molecule has 0 rings (SSSR count). The quantitative estimate of drug-likeness (QED) is 0.317. The van der Waals surface area contributed by atoms with Gasteiger partial charge >= 0.3 is 159 Å². The predicted octanol–water partition coefficient (Wildman–Crippen LogP) is 5.84. The molecule has 0 unspecified atom stereocenters. The van der Waals surface area contributed by atoms with E-state index in [0.717, 1.165) is 18.1 Å². The summed E-state index contributed by atoms with van der Waals surface area (Å²) in [5.74, 6) is 1.84. The second-order valence-corrected chi connectivity index (χ2v) is 17.8. The van der Waals surface area contributed by atoms with Crippen molar-refractivity contribution < 1.29 is 33.0 Å². The van der Waals surface area contributed by atoms with E-state index >= 15 is 0 Å². The van der Waals surface area contributed by atoms with Crippen LogP contribution in [0.15, 0.2) is 0 Å². The SMILES string of the molecule is CC[O][Zr]([O]CC)([O]CC)[O][Si](CC(C)C)(CC(C)C)CC(C)C. The topological polar surface area (TPSA) is 36.9 Å². The Hall–Kier alpha value is 0.940. The molecule has 0 atom stereocenters. The predicted molar refractivity (Wildman–Crippen MR) is 101 cm³/mol. The third kappa shape index (κ3) is 9.59. The molecule has 0 radical (unpaired) electrons. The van der Waals surface area contributed by atoms with Gasteiger partial charge in [-0.25, -0.2) is 0 Å². The average molecular weight is 442 g/mol. The molecule has 0 heterocycles. The summed E-state index contributed by atoms with van der Waals surface area (Å²) in [6, 6.07) is 3.44. The molecule has 0 aromatic carbocycles. The van der Waals surface area contributed by atoms with Crippen molar-refractivity contribution >= 4 is 8.32 Å². The molecule has 4 nitrogen and oxygen atoms in total. The van der Waals surface area contributed by atoms with Crippen molar-refractivity contribution in [3.63, 3.8) is 0 Å². The summed E-state index contributed by atoms with van der Waals surface area (Å²) >= 11 is -3.95. The van der Waals surface area contributed by atoms with Gasteiger partial charge in [0.15, 0.2) is 0 Å². The zero-order valence-electron chi connectivity index (χ0n) is 17.6. The van der Waals surface area contributed by atoms with Crippen molar-refractivity contribution in [2.24, 2.45) is 17.8 Å². The summed E-state index contributed by atoms with van der Waals surface area (Å²) in [7, 11) is -2.01. The Morgan fingerprint density at radius 1 is 0.625 bits per heavy atom. The molecule has 0 saturated carbocycles. The first-order valence-corrected chi connectivity index (χ1v) is 16.3. The van der Waals surface area contributed by atoms with E-state index in [-0.39, 0.29) is 0 Å². The fourth-order valence-corrected chi connectivity index (χ4v) is 19.8. The van der Waals surface area contributed by atoms with Crippen LogP contribution in [-0.4, -0.2) is 28.1 Å². The maximum atomic E-state index is 6.96. The number of hydrogen-bond donors (Lipinski definition) is 0. The third-order valence-corrected chi connectivity index (χ3v) is 18.8. The summed E-state index contributed by atoms with van der Waals surface area (Å²) in [5, 5.41) is 0. The first kappa shape index (κ1) is 24.9. The summed E-state index contributed by atoms with van der Waals surface area (Å²) in [5.41, 5.74) is 0. The van der Waals surface area contributed by atoms with Gasteiger partial charge in [-0.1, -0.05) is 0 Å². The molecule has 0 fully saturated rings. The molecule has 0 aromatic heterocycles. The first-order valence-electron chi connectivity index (χ1n) is 9.76. The summed E-state index contributed by atoms with van der Waals surface area (Å²) in [4.78, 5) is 0. The molecular weight excluding hydrogens is 400 g/mol. The average Bonchev–Trinajstić information content (AvgIpc) is 2.36. The molecule has 0 aliphatic carbocycles. The maximum absolute atomic E-state index is 6.96. The standard InChI is InChI=1S/C12H27OSi.3C2H5O.Zr/c1-10(2)7-14(13,8-11(3)4)9-12(5)6;3*1-2-3;/h10-12H,7-9H2,1-6H3;3*2H2,1H3;/q4*-1;+4. The van der Waals surface area contributed by atoms with Gasteiger partial charge in [-0.15, -0.1) is 0 Å². The summed E-state index contributed by atoms with van der Waals surface area (Å²) in [6.45, 7) is 21.6. The number of hydrogen-bond acceptors (Lipinski definition) is 4. The Bertz CT molecular complexity index is 281. The van der Waals surface area contributed by atoms with Gasteiger partial charge in [0.25, 0.3) is 0 Å². The minimum atomic E-state index is -3.95. The molecule has 24 heavy (non-hydrogen) atoms. The molecular formula is C18H42O4SiZr.